The summed E-state index contributed by atoms with van der Waals surface area (Å²) in [5.74, 6) is 0.811. The van der Waals surface area contributed by atoms with Crippen LogP contribution in [0.15, 0.2) is 29.2 Å². The predicted octanol–water partition coefficient (Wildman–Crippen LogP) is 1.45. The first kappa shape index (κ1) is 8.93. The zero-order chi connectivity index (χ0) is 8.81. The highest BCUT2D eigenvalue weighted by atomic mass is 32.2. The van der Waals surface area contributed by atoms with Crippen molar-refractivity contribution in [1.29, 1.82) is 0 Å². The summed E-state index contributed by atoms with van der Waals surface area (Å²) >= 11 is 1.27. The summed E-state index contributed by atoms with van der Waals surface area (Å²) in [6, 6.07) is 7.43. The maximum absolute atomic E-state index is 9.94. The lowest BCUT2D eigenvalue weighted by Gasteiger charge is -2.00. The largest absolute Gasteiger partial charge is 0.497 e. The molecule has 0 radical (unpaired) electrons. The molecule has 0 saturated carbocycles. The van der Waals surface area contributed by atoms with Crippen LogP contribution in [-0.4, -0.2) is 13.5 Å². The van der Waals surface area contributed by atoms with Crippen LogP contribution in [0, 0.1) is 0 Å². The van der Waals surface area contributed by atoms with Crippen molar-refractivity contribution >= 4 is 18.4 Å². The van der Waals surface area contributed by atoms with E-state index in [1.165, 1.54) is 11.9 Å². The molecule has 0 unspecified atom stereocenters. The maximum atomic E-state index is 9.94. The molecule has 3 nitrogen and oxygen atoms in total. The zero-order valence-corrected chi connectivity index (χ0v) is 7.43. The second-order valence-electron chi connectivity index (χ2n) is 2.01. The molecule has 0 aliphatic carbocycles. The van der Waals surface area contributed by atoms with Crippen molar-refractivity contribution in [3.05, 3.63) is 24.3 Å². The van der Waals surface area contributed by atoms with Crippen molar-refractivity contribution in [3.63, 3.8) is 0 Å². The highest BCUT2D eigenvalue weighted by Gasteiger charge is 1.92. The molecule has 0 fully saturated rings. The molecular formula is C8H9NO2S. The van der Waals surface area contributed by atoms with Crippen molar-refractivity contribution in [1.82, 2.24) is 4.72 Å². The average molecular weight is 183 g/mol. The van der Waals surface area contributed by atoms with Gasteiger partial charge in [0, 0.05) is 4.90 Å². The molecule has 12 heavy (non-hydrogen) atoms. The Morgan fingerprint density at radius 1 is 1.42 bits per heavy atom. The van der Waals surface area contributed by atoms with Gasteiger partial charge in [-0.25, -0.2) is 0 Å². The van der Waals surface area contributed by atoms with Crippen molar-refractivity contribution in [2.24, 2.45) is 0 Å². The Kier molecular flexibility index (Phi) is 3.47. The van der Waals surface area contributed by atoms with Crippen LogP contribution in [-0.2, 0) is 4.79 Å². The Balaban J connectivity index is 2.58. The summed E-state index contributed by atoms with van der Waals surface area (Å²) in [6.07, 6.45) is 0.648. The summed E-state index contributed by atoms with van der Waals surface area (Å²) in [4.78, 5) is 10.9. The number of amides is 1. The summed E-state index contributed by atoms with van der Waals surface area (Å²) in [7, 11) is 1.62. The third-order valence-electron chi connectivity index (χ3n) is 1.28. The molecule has 1 amide bonds. The van der Waals surface area contributed by atoms with Crippen LogP contribution in [0.5, 0.6) is 5.75 Å². The van der Waals surface area contributed by atoms with Crippen LogP contribution in [0.4, 0.5) is 0 Å². The maximum Gasteiger partial charge on any atom is 0.217 e. The first-order chi connectivity index (χ1) is 5.86. The Labute approximate surface area is 75.2 Å². The topological polar surface area (TPSA) is 38.3 Å². The summed E-state index contributed by atoms with van der Waals surface area (Å²) in [6.45, 7) is 0. The van der Waals surface area contributed by atoms with Gasteiger partial charge in [-0.2, -0.15) is 0 Å². The van der Waals surface area contributed by atoms with E-state index in [9.17, 15) is 4.79 Å². The fraction of sp³-hybridized carbons (Fsp3) is 0.125. The van der Waals surface area contributed by atoms with Gasteiger partial charge in [0.2, 0.25) is 6.41 Å². The standard InChI is InChI=1S/C8H9NO2S/c1-11-7-2-4-8(5-3-7)12-9-6-10/h2-6H,1H3,(H,9,10). The number of carbonyl (C=O) groups excluding carboxylic acids is 1. The van der Waals surface area contributed by atoms with E-state index in [1.54, 1.807) is 7.11 Å². The van der Waals surface area contributed by atoms with Crippen molar-refractivity contribution in [3.8, 4) is 5.75 Å². The minimum Gasteiger partial charge on any atom is -0.497 e. The molecular weight excluding hydrogens is 174 g/mol. The number of hydrogen-bond donors (Lipinski definition) is 1. The summed E-state index contributed by atoms with van der Waals surface area (Å²) < 4.78 is 7.47. The Morgan fingerprint density at radius 2 is 2.08 bits per heavy atom. The molecule has 64 valence electrons. The first-order valence-electron chi connectivity index (χ1n) is 3.37. The van der Waals surface area contributed by atoms with E-state index in [0.717, 1.165) is 10.6 Å². The van der Waals surface area contributed by atoms with Gasteiger partial charge in [-0.3, -0.25) is 9.52 Å². The number of rotatable bonds is 4. The molecule has 1 N–H and O–H groups in total. The smallest absolute Gasteiger partial charge is 0.217 e. The molecule has 1 aromatic carbocycles. The fourth-order valence-electron chi connectivity index (χ4n) is 0.736. The average Bonchev–Trinajstić information content (AvgIpc) is 2.15. The molecule has 0 aliphatic heterocycles. The second-order valence-corrected chi connectivity index (χ2v) is 2.92. The first-order valence-corrected chi connectivity index (χ1v) is 4.18. The lowest BCUT2D eigenvalue weighted by molar-refractivity contribution is -0.107. The van der Waals surface area contributed by atoms with Crippen LogP contribution < -0.4 is 9.46 Å². The number of methoxy groups -OCH3 is 1. The molecule has 1 rings (SSSR count). The zero-order valence-electron chi connectivity index (χ0n) is 6.61. The highest BCUT2D eigenvalue weighted by molar-refractivity contribution is 7.97. The van der Waals surface area contributed by atoms with E-state index < -0.39 is 0 Å². The van der Waals surface area contributed by atoms with E-state index >= 15 is 0 Å². The quantitative estimate of drug-likeness (QED) is 0.567. The van der Waals surface area contributed by atoms with Crippen molar-refractivity contribution in [2.45, 2.75) is 4.90 Å². The Morgan fingerprint density at radius 3 is 2.58 bits per heavy atom. The number of ether oxygens (including phenoxy) is 1. The highest BCUT2D eigenvalue weighted by Crippen LogP contribution is 2.17. The third kappa shape index (κ3) is 2.47. The number of benzene rings is 1. The molecule has 0 spiro atoms. The summed E-state index contributed by atoms with van der Waals surface area (Å²) in [5, 5.41) is 0. The second kappa shape index (κ2) is 4.66. The molecule has 0 heterocycles. The Bertz CT molecular complexity index is 248. The van der Waals surface area contributed by atoms with Gasteiger partial charge in [-0.15, -0.1) is 0 Å². The molecule has 4 heteroatoms. The van der Waals surface area contributed by atoms with Crippen LogP contribution in [0.2, 0.25) is 0 Å². The normalized spacial score (nSPS) is 9.08. The van der Waals surface area contributed by atoms with Gasteiger partial charge >= 0.3 is 0 Å². The van der Waals surface area contributed by atoms with E-state index in [4.69, 9.17) is 4.74 Å². The van der Waals surface area contributed by atoms with Crippen LogP contribution in [0.3, 0.4) is 0 Å². The monoisotopic (exact) mass is 183 g/mol. The third-order valence-corrected chi connectivity index (χ3v) is 2.01. The van der Waals surface area contributed by atoms with Crippen LogP contribution in [0.25, 0.3) is 0 Å². The predicted molar refractivity (Wildman–Crippen MR) is 48.1 cm³/mol. The lowest BCUT2D eigenvalue weighted by atomic mass is 10.3. The van der Waals surface area contributed by atoms with Gasteiger partial charge in [0.15, 0.2) is 0 Å². The van der Waals surface area contributed by atoms with E-state index in [1.807, 2.05) is 24.3 Å². The summed E-state index contributed by atoms with van der Waals surface area (Å²) in [5.41, 5.74) is 0. The molecule has 0 aliphatic rings. The SMILES string of the molecule is COc1ccc(SNC=O)cc1. The lowest BCUT2D eigenvalue weighted by Crippen LogP contribution is -1.96. The number of nitrogens with one attached hydrogen (secondary N) is 1. The van der Waals surface area contributed by atoms with Gasteiger partial charge < -0.3 is 4.74 Å². The molecule has 0 atom stereocenters. The number of hydrogen-bond acceptors (Lipinski definition) is 3. The molecule has 0 aromatic heterocycles. The minimum absolute atomic E-state index is 0.648. The van der Waals surface area contributed by atoms with E-state index in [2.05, 4.69) is 4.72 Å². The number of carbonyl (C=O) groups is 1. The molecule has 0 saturated heterocycles. The minimum atomic E-state index is 0.648. The van der Waals surface area contributed by atoms with Crippen molar-refractivity contribution in [2.75, 3.05) is 7.11 Å². The van der Waals surface area contributed by atoms with E-state index in [-0.39, 0.29) is 0 Å². The van der Waals surface area contributed by atoms with Gasteiger partial charge in [0.05, 0.1) is 7.11 Å². The molecule has 0 bridgehead atoms. The van der Waals surface area contributed by atoms with Crippen LogP contribution in [0.1, 0.15) is 0 Å². The van der Waals surface area contributed by atoms with Crippen molar-refractivity contribution < 1.29 is 9.53 Å². The fourth-order valence-corrected chi connectivity index (χ4v) is 1.19. The molecule has 1 aromatic rings. The van der Waals surface area contributed by atoms with E-state index in [0.29, 0.717) is 6.41 Å². The van der Waals surface area contributed by atoms with Gasteiger partial charge in [0.1, 0.15) is 5.75 Å². The van der Waals surface area contributed by atoms with Gasteiger partial charge in [0.25, 0.3) is 0 Å². The van der Waals surface area contributed by atoms with Gasteiger partial charge in [-0.05, 0) is 36.2 Å². The van der Waals surface area contributed by atoms with Crippen LogP contribution >= 0.6 is 11.9 Å². The van der Waals surface area contributed by atoms with Gasteiger partial charge in [-0.1, -0.05) is 0 Å². The Hall–Kier alpha value is -1.16.